The minimum Gasteiger partial charge on any atom is -0.480 e. The number of carboxylic acid groups (broad SMARTS) is 1. The maximum absolute atomic E-state index is 13.6. The molecule has 3 aromatic carbocycles. The van der Waals surface area contributed by atoms with Crippen molar-refractivity contribution in [3.63, 3.8) is 0 Å². The predicted octanol–water partition coefficient (Wildman–Crippen LogP) is 7.21. The van der Waals surface area contributed by atoms with E-state index in [-0.39, 0.29) is 18.3 Å². The SMILES string of the molecule is CCOC(=O)N[C@H](CSCc1ccc(CN(C(=O)CCC2CCCC2)c2ccc(Cc3ccccc3)cc2)cc1)C(=O)O. The molecule has 2 amide bonds. The van der Waals surface area contributed by atoms with Crippen molar-refractivity contribution in [2.75, 3.05) is 17.3 Å². The molecule has 0 aromatic heterocycles. The number of carbonyl (C=O) groups is 3. The minimum absolute atomic E-state index is 0.149. The van der Waals surface area contributed by atoms with E-state index in [1.54, 1.807) is 6.92 Å². The van der Waals surface area contributed by atoms with E-state index in [0.717, 1.165) is 29.7 Å². The van der Waals surface area contributed by atoms with Gasteiger partial charge in [0.2, 0.25) is 5.91 Å². The monoisotopic (exact) mass is 602 g/mol. The quantitative estimate of drug-likeness (QED) is 0.191. The number of thioether (sulfide) groups is 1. The third kappa shape index (κ3) is 10.5. The summed E-state index contributed by atoms with van der Waals surface area (Å²) in [5.74, 6) is 0.530. The molecule has 7 nitrogen and oxygen atoms in total. The van der Waals surface area contributed by atoms with Crippen LogP contribution in [-0.4, -0.2) is 41.5 Å². The van der Waals surface area contributed by atoms with E-state index in [4.69, 9.17) is 4.74 Å². The van der Waals surface area contributed by atoms with Crippen molar-refractivity contribution in [3.8, 4) is 0 Å². The summed E-state index contributed by atoms with van der Waals surface area (Å²) >= 11 is 1.43. The summed E-state index contributed by atoms with van der Waals surface area (Å²) in [6.45, 7) is 2.34. The number of aliphatic carboxylic acids is 1. The molecule has 1 fully saturated rings. The van der Waals surface area contributed by atoms with Crippen LogP contribution in [0.4, 0.5) is 10.5 Å². The summed E-state index contributed by atoms with van der Waals surface area (Å²) in [6, 6.07) is 25.8. The Kier molecular flexibility index (Phi) is 12.5. The van der Waals surface area contributed by atoms with Gasteiger partial charge in [0.05, 0.1) is 13.2 Å². The minimum atomic E-state index is -1.10. The number of amides is 2. The summed E-state index contributed by atoms with van der Waals surface area (Å²) < 4.78 is 4.80. The van der Waals surface area contributed by atoms with Crippen molar-refractivity contribution in [1.82, 2.24) is 5.32 Å². The van der Waals surface area contributed by atoms with Gasteiger partial charge in [-0.1, -0.05) is 92.4 Å². The highest BCUT2D eigenvalue weighted by atomic mass is 32.2. The molecule has 0 heterocycles. The van der Waals surface area contributed by atoms with Crippen LogP contribution >= 0.6 is 11.8 Å². The van der Waals surface area contributed by atoms with Crippen molar-refractivity contribution in [2.45, 2.75) is 70.2 Å². The normalized spacial score (nSPS) is 13.8. The molecule has 1 aliphatic rings. The third-order valence-corrected chi connectivity index (χ3v) is 8.93. The molecule has 0 unspecified atom stereocenters. The van der Waals surface area contributed by atoms with Crippen LogP contribution in [-0.2, 0) is 33.0 Å². The zero-order chi connectivity index (χ0) is 30.4. The second kappa shape index (κ2) is 16.8. The zero-order valence-corrected chi connectivity index (χ0v) is 25.7. The zero-order valence-electron chi connectivity index (χ0n) is 24.9. The van der Waals surface area contributed by atoms with Crippen LogP contribution in [0.25, 0.3) is 0 Å². The number of carboxylic acids is 1. The summed E-state index contributed by atoms with van der Waals surface area (Å²) in [5.41, 5.74) is 5.44. The van der Waals surface area contributed by atoms with Crippen LogP contribution in [0.2, 0.25) is 0 Å². The molecule has 0 bridgehead atoms. The molecular weight excluding hydrogens is 560 g/mol. The number of carbonyl (C=O) groups excluding carboxylic acids is 2. The second-order valence-electron chi connectivity index (χ2n) is 11.1. The van der Waals surface area contributed by atoms with E-state index in [2.05, 4.69) is 53.8 Å². The molecule has 8 heteroatoms. The molecule has 1 saturated carbocycles. The number of alkyl carbamates (subject to hydrolysis) is 1. The van der Waals surface area contributed by atoms with Crippen LogP contribution in [0.15, 0.2) is 78.9 Å². The molecular formula is C35H42N2O5S. The first-order valence-corrected chi connectivity index (χ1v) is 16.3. The summed E-state index contributed by atoms with van der Waals surface area (Å²) in [5, 5.41) is 11.8. The van der Waals surface area contributed by atoms with Gasteiger partial charge in [0.15, 0.2) is 0 Å². The third-order valence-electron chi connectivity index (χ3n) is 7.82. The van der Waals surface area contributed by atoms with Crippen molar-refractivity contribution < 1.29 is 24.2 Å². The second-order valence-corrected chi connectivity index (χ2v) is 12.1. The standard InChI is InChI=1S/C35H42N2O5S/c1-2-42-35(41)36-32(34(39)40)25-43-24-30-14-12-29(13-15-30)23-37(33(38)21-18-26-8-6-7-9-26)31-19-16-28(17-20-31)22-27-10-4-3-5-11-27/h3-5,10-17,19-20,26,32H,2,6-9,18,21-25H2,1H3,(H,36,41)(H,39,40)/t32-/m1/s1. The molecule has 4 rings (SSSR count). The maximum Gasteiger partial charge on any atom is 0.407 e. The lowest BCUT2D eigenvalue weighted by Gasteiger charge is -2.24. The summed E-state index contributed by atoms with van der Waals surface area (Å²) in [6.07, 6.45) is 6.62. The van der Waals surface area contributed by atoms with Crippen LogP contribution < -0.4 is 10.2 Å². The fourth-order valence-electron chi connectivity index (χ4n) is 5.42. The van der Waals surface area contributed by atoms with Crippen molar-refractivity contribution in [1.29, 1.82) is 0 Å². The van der Waals surface area contributed by atoms with Gasteiger partial charge in [-0.2, -0.15) is 11.8 Å². The average molecular weight is 603 g/mol. The topological polar surface area (TPSA) is 95.9 Å². The van der Waals surface area contributed by atoms with E-state index < -0.39 is 18.1 Å². The van der Waals surface area contributed by atoms with Gasteiger partial charge in [-0.25, -0.2) is 9.59 Å². The van der Waals surface area contributed by atoms with E-state index in [0.29, 0.717) is 24.6 Å². The first-order chi connectivity index (χ1) is 20.9. The number of hydrogen-bond acceptors (Lipinski definition) is 5. The Bertz CT molecular complexity index is 1310. The van der Waals surface area contributed by atoms with E-state index in [1.807, 2.05) is 35.2 Å². The number of rotatable bonds is 15. The summed E-state index contributed by atoms with van der Waals surface area (Å²) in [7, 11) is 0. The molecule has 0 saturated heterocycles. The van der Waals surface area contributed by atoms with Crippen LogP contribution in [0.1, 0.15) is 67.7 Å². The maximum atomic E-state index is 13.6. The molecule has 0 spiro atoms. The van der Waals surface area contributed by atoms with Gasteiger partial charge in [0.25, 0.3) is 0 Å². The van der Waals surface area contributed by atoms with Crippen molar-refractivity contribution in [2.24, 2.45) is 5.92 Å². The first kappa shape index (κ1) is 32.1. The Morgan fingerprint density at radius 1 is 0.907 bits per heavy atom. The lowest BCUT2D eigenvalue weighted by molar-refractivity contribution is -0.138. The number of nitrogens with one attached hydrogen (secondary N) is 1. The number of nitrogens with zero attached hydrogens (tertiary/aromatic N) is 1. The molecule has 2 N–H and O–H groups in total. The highest BCUT2D eigenvalue weighted by Gasteiger charge is 2.22. The Hall–Kier alpha value is -3.78. The van der Waals surface area contributed by atoms with Gasteiger partial charge in [-0.3, -0.25) is 4.79 Å². The first-order valence-electron chi connectivity index (χ1n) is 15.2. The fourth-order valence-corrected chi connectivity index (χ4v) is 6.43. The van der Waals surface area contributed by atoms with Gasteiger partial charge in [-0.05, 0) is 60.1 Å². The highest BCUT2D eigenvalue weighted by Crippen LogP contribution is 2.30. The van der Waals surface area contributed by atoms with Crippen molar-refractivity contribution in [3.05, 3.63) is 101 Å². The Balaban J connectivity index is 1.38. The van der Waals surface area contributed by atoms with Gasteiger partial charge in [-0.15, -0.1) is 0 Å². The predicted molar refractivity (Wildman–Crippen MR) is 172 cm³/mol. The smallest absolute Gasteiger partial charge is 0.407 e. The molecule has 1 aliphatic carbocycles. The number of anilines is 1. The molecule has 43 heavy (non-hydrogen) atoms. The van der Waals surface area contributed by atoms with E-state index in [9.17, 15) is 19.5 Å². The molecule has 3 aromatic rings. The lowest BCUT2D eigenvalue weighted by atomic mass is 10.0. The molecule has 228 valence electrons. The molecule has 0 aliphatic heterocycles. The van der Waals surface area contributed by atoms with Gasteiger partial charge < -0.3 is 20.1 Å². The Morgan fingerprint density at radius 2 is 1.53 bits per heavy atom. The Morgan fingerprint density at radius 3 is 2.19 bits per heavy atom. The van der Waals surface area contributed by atoms with Crippen LogP contribution in [0, 0.1) is 5.92 Å². The Labute approximate surface area is 259 Å². The van der Waals surface area contributed by atoms with Crippen LogP contribution in [0.5, 0.6) is 0 Å². The van der Waals surface area contributed by atoms with Gasteiger partial charge in [0.1, 0.15) is 6.04 Å². The number of benzene rings is 3. The number of ether oxygens (including phenoxy) is 1. The number of hydrogen-bond donors (Lipinski definition) is 2. The molecule has 0 radical (unpaired) electrons. The van der Waals surface area contributed by atoms with Crippen molar-refractivity contribution >= 4 is 35.4 Å². The average Bonchev–Trinajstić information content (AvgIpc) is 3.54. The fraction of sp³-hybridized carbons (Fsp3) is 0.400. The van der Waals surface area contributed by atoms with E-state index in [1.165, 1.54) is 48.6 Å². The van der Waals surface area contributed by atoms with E-state index >= 15 is 0 Å². The molecule has 1 atom stereocenters. The highest BCUT2D eigenvalue weighted by molar-refractivity contribution is 7.98. The lowest BCUT2D eigenvalue weighted by Crippen LogP contribution is -2.42. The van der Waals surface area contributed by atoms with Gasteiger partial charge >= 0.3 is 12.1 Å². The van der Waals surface area contributed by atoms with Crippen LogP contribution in [0.3, 0.4) is 0 Å². The largest absolute Gasteiger partial charge is 0.480 e. The van der Waals surface area contributed by atoms with Gasteiger partial charge in [0, 0.05) is 23.6 Å². The summed E-state index contributed by atoms with van der Waals surface area (Å²) in [4.78, 5) is 38.6.